The number of benzene rings is 5. The second-order valence-corrected chi connectivity index (χ2v) is 18.6. The largest absolute Gasteiger partial charge is 0.490 e. The first-order valence-electron chi connectivity index (χ1n) is 20.7. The minimum atomic E-state index is -5.08. The number of piperazine rings is 1. The van der Waals surface area contributed by atoms with Crippen molar-refractivity contribution in [2.45, 2.75) is 41.2 Å². The van der Waals surface area contributed by atoms with E-state index in [-0.39, 0.29) is 22.1 Å². The average molecular weight is 1020 g/mol. The molecule has 1 aliphatic heterocycles. The smallest absolute Gasteiger partial charge is 0.475 e. The normalized spacial score (nSPS) is 13.4. The maximum Gasteiger partial charge on any atom is 0.490 e. The van der Waals surface area contributed by atoms with Crippen molar-refractivity contribution in [1.29, 1.82) is 5.26 Å². The zero-order valence-electron chi connectivity index (χ0n) is 37.0. The van der Waals surface area contributed by atoms with Crippen LogP contribution >= 0.6 is 23.4 Å². The zero-order valence-corrected chi connectivity index (χ0v) is 39.4. The molecule has 0 radical (unpaired) electrons. The van der Waals surface area contributed by atoms with Gasteiger partial charge in [-0.2, -0.15) is 31.6 Å². The van der Waals surface area contributed by atoms with E-state index < -0.39 is 40.2 Å². The lowest BCUT2D eigenvalue weighted by Crippen LogP contribution is -2.46. The van der Waals surface area contributed by atoms with Crippen LogP contribution in [-0.4, -0.2) is 117 Å². The first-order valence-corrected chi connectivity index (χ1v) is 23.5. The minimum Gasteiger partial charge on any atom is -0.475 e. The van der Waals surface area contributed by atoms with Crippen molar-refractivity contribution in [2.75, 3.05) is 62.8 Å². The number of hydrogen-bond donors (Lipinski definition) is 4. The quantitative estimate of drug-likeness (QED) is 0.0576. The van der Waals surface area contributed by atoms with Crippen LogP contribution in [0.2, 0.25) is 5.02 Å². The Balaban J connectivity index is 0.000000645. The Bertz CT molecular complexity index is 2620. The molecule has 0 saturated carbocycles. The fraction of sp³-hybridized carbons (Fsp3) is 0.277. The van der Waals surface area contributed by atoms with Crippen molar-refractivity contribution in [3.05, 3.63) is 143 Å². The highest BCUT2D eigenvalue weighted by Crippen LogP contribution is 2.28. The van der Waals surface area contributed by atoms with Crippen LogP contribution in [0.25, 0.3) is 11.1 Å². The topological polar surface area (TPSA) is 183 Å². The third-order valence-corrected chi connectivity index (χ3v) is 12.8. The number of anilines is 2. The van der Waals surface area contributed by atoms with Gasteiger partial charge in [-0.1, -0.05) is 66.2 Å². The molecule has 0 spiro atoms. The Labute approximate surface area is 404 Å². The molecule has 0 aromatic heterocycles. The molecule has 368 valence electrons. The van der Waals surface area contributed by atoms with Gasteiger partial charge in [-0.15, -0.1) is 11.8 Å². The van der Waals surface area contributed by atoms with Gasteiger partial charge in [0, 0.05) is 65.7 Å². The number of carboxylic acid groups (broad SMARTS) is 2. The first kappa shape index (κ1) is 55.3. The van der Waals surface area contributed by atoms with Crippen LogP contribution < -0.4 is 14.9 Å². The number of amides is 1. The van der Waals surface area contributed by atoms with E-state index in [4.69, 9.17) is 31.4 Å². The highest BCUT2D eigenvalue weighted by molar-refractivity contribution is 7.99. The predicted octanol–water partition coefficient (Wildman–Crippen LogP) is 9.11. The summed E-state index contributed by atoms with van der Waals surface area (Å²) in [7, 11) is -0.225. The third-order valence-electron chi connectivity index (χ3n) is 10.0. The zero-order chi connectivity index (χ0) is 50.9. The lowest BCUT2D eigenvalue weighted by atomic mass is 9.99. The maximum absolute atomic E-state index is 13.4. The van der Waals surface area contributed by atoms with Gasteiger partial charge in [0.25, 0.3) is 15.9 Å². The fourth-order valence-electron chi connectivity index (χ4n) is 6.49. The number of alkyl halides is 6. The molecule has 13 nitrogen and oxygen atoms in total. The first-order chi connectivity index (χ1) is 32.5. The van der Waals surface area contributed by atoms with Gasteiger partial charge in [0.15, 0.2) is 0 Å². The summed E-state index contributed by atoms with van der Waals surface area (Å²) in [4.78, 5) is 38.8. The van der Waals surface area contributed by atoms with Crippen molar-refractivity contribution in [1.82, 2.24) is 14.5 Å². The number of nitrogens with one attached hydrogen (secondary N) is 2. The standard InChI is InChI=1S/C43H45ClN6O3S2.2C2HF3O2/c1-48(2)23-22-37(31-54-39-9-4-3-5-10-39)46-42-21-20-40(28-35(42)29-45)55(52,53)47-43(51)33-14-18-38(19-15-33)50-26-24-49(25-27-50)30-34-8-6-7-11-41(34)32-12-16-36(44)17-13-32;2*3-2(4,5)1(6)7/h3-21,28,37,46H,22-27,30-31H2,1-2H3,(H,47,51);2*(H,6,7)/t37-;;/m1../s1. The lowest BCUT2D eigenvalue weighted by Gasteiger charge is -2.36. The Hall–Kier alpha value is -6.31. The number of rotatable bonds is 15. The number of carbonyl (C=O) groups is 3. The number of hydrogen-bond acceptors (Lipinski definition) is 11. The SMILES string of the molecule is CN(C)CC[C@H](CSc1ccccc1)Nc1ccc(S(=O)(=O)NC(=O)c2ccc(N3CCN(Cc4ccccc4-c4ccc(Cl)cc4)CC3)cc2)cc1C#N.O=C(O)C(F)(F)F.O=C(O)C(F)(F)F. The predicted molar refractivity (Wildman–Crippen MR) is 252 cm³/mol. The maximum atomic E-state index is 13.4. The molecular formula is C47H47ClF6N6O7S2. The molecule has 1 aliphatic rings. The third kappa shape index (κ3) is 17.9. The summed E-state index contributed by atoms with van der Waals surface area (Å²) in [5.74, 6) is -5.49. The van der Waals surface area contributed by atoms with Gasteiger partial charge in [0.05, 0.1) is 16.1 Å². The molecule has 1 saturated heterocycles. The van der Waals surface area contributed by atoms with E-state index in [1.54, 1.807) is 30.0 Å². The Morgan fingerprint density at radius 3 is 1.93 bits per heavy atom. The van der Waals surface area contributed by atoms with E-state index in [1.165, 1.54) is 23.3 Å². The van der Waals surface area contributed by atoms with Crippen LogP contribution in [0.15, 0.2) is 131 Å². The van der Waals surface area contributed by atoms with Crippen LogP contribution in [0.3, 0.4) is 0 Å². The van der Waals surface area contributed by atoms with Crippen molar-refractivity contribution < 1.29 is 59.4 Å². The van der Waals surface area contributed by atoms with E-state index in [1.807, 2.05) is 56.6 Å². The molecule has 69 heavy (non-hydrogen) atoms. The summed E-state index contributed by atoms with van der Waals surface area (Å²) < 4.78 is 92.4. The summed E-state index contributed by atoms with van der Waals surface area (Å²) in [6, 6.07) is 40.0. The number of aliphatic carboxylic acids is 2. The van der Waals surface area contributed by atoms with Crippen molar-refractivity contribution >= 4 is 62.6 Å². The number of carboxylic acids is 2. The summed E-state index contributed by atoms with van der Waals surface area (Å²) in [6.45, 7) is 5.05. The lowest BCUT2D eigenvalue weighted by molar-refractivity contribution is -0.193. The molecular weight excluding hydrogens is 974 g/mol. The minimum absolute atomic E-state index is 0.0250. The second-order valence-electron chi connectivity index (χ2n) is 15.4. The highest BCUT2D eigenvalue weighted by Gasteiger charge is 2.39. The van der Waals surface area contributed by atoms with Gasteiger partial charge in [0.2, 0.25) is 0 Å². The van der Waals surface area contributed by atoms with Crippen molar-refractivity contribution in [3.63, 3.8) is 0 Å². The van der Waals surface area contributed by atoms with E-state index in [9.17, 15) is 44.8 Å². The number of halogens is 7. The van der Waals surface area contributed by atoms with Crippen LogP contribution in [0.5, 0.6) is 0 Å². The molecule has 0 unspecified atom stereocenters. The molecule has 1 fully saturated rings. The number of nitriles is 1. The van der Waals surface area contributed by atoms with Crippen molar-refractivity contribution in [3.8, 4) is 17.2 Å². The number of thioether (sulfide) groups is 1. The number of nitrogens with zero attached hydrogens (tertiary/aromatic N) is 4. The van der Waals surface area contributed by atoms with Gasteiger partial charge in [-0.25, -0.2) is 22.7 Å². The van der Waals surface area contributed by atoms with Crippen LogP contribution in [0.4, 0.5) is 37.7 Å². The van der Waals surface area contributed by atoms with Gasteiger partial charge >= 0.3 is 24.3 Å². The molecule has 0 aliphatic carbocycles. The van der Waals surface area contributed by atoms with E-state index in [0.29, 0.717) is 5.69 Å². The highest BCUT2D eigenvalue weighted by atomic mass is 35.5. The summed E-state index contributed by atoms with van der Waals surface area (Å²) in [5, 5.41) is 28.4. The molecule has 1 amide bonds. The Morgan fingerprint density at radius 2 is 1.38 bits per heavy atom. The molecule has 6 rings (SSSR count). The number of sulfonamides is 1. The molecule has 5 aromatic carbocycles. The Kier molecular flexibility index (Phi) is 20.3. The van der Waals surface area contributed by atoms with Crippen LogP contribution in [-0.2, 0) is 26.2 Å². The summed E-state index contributed by atoms with van der Waals surface area (Å²) >= 11 is 7.84. The van der Waals surface area contributed by atoms with Crippen LogP contribution in [0.1, 0.15) is 27.9 Å². The second kappa shape index (κ2) is 25.3. The molecule has 1 heterocycles. The summed E-state index contributed by atoms with van der Waals surface area (Å²) in [6.07, 6.45) is -9.34. The molecule has 0 bridgehead atoms. The Morgan fingerprint density at radius 1 is 0.812 bits per heavy atom. The molecule has 22 heteroatoms. The number of carbonyl (C=O) groups excluding carboxylic acids is 1. The van der Waals surface area contributed by atoms with E-state index in [0.717, 1.165) is 72.6 Å². The summed E-state index contributed by atoms with van der Waals surface area (Å²) in [5.41, 5.74) is 5.52. The fourth-order valence-corrected chi connectivity index (χ4v) is 8.61. The van der Waals surface area contributed by atoms with Gasteiger partial charge < -0.3 is 25.3 Å². The van der Waals surface area contributed by atoms with Crippen LogP contribution in [0, 0.1) is 11.3 Å². The van der Waals surface area contributed by atoms with E-state index in [2.05, 4.69) is 79.3 Å². The van der Waals surface area contributed by atoms with Gasteiger partial charge in [0.1, 0.15) is 6.07 Å². The van der Waals surface area contributed by atoms with E-state index >= 15 is 0 Å². The van der Waals surface area contributed by atoms with Gasteiger partial charge in [-0.05, 0) is 110 Å². The average Bonchev–Trinajstić information content (AvgIpc) is 3.30. The monoisotopic (exact) mass is 1020 g/mol. The molecule has 4 N–H and O–H groups in total. The van der Waals surface area contributed by atoms with Crippen molar-refractivity contribution in [2.24, 2.45) is 0 Å². The molecule has 5 aromatic rings. The van der Waals surface area contributed by atoms with Gasteiger partial charge in [-0.3, -0.25) is 9.69 Å². The molecule has 1 atom stereocenters.